The molecule has 0 aliphatic carbocycles. The molecule has 0 spiro atoms. The Balaban J connectivity index is 2.11. The van der Waals surface area contributed by atoms with Gasteiger partial charge in [-0.2, -0.15) is 0 Å². The fraction of sp³-hybridized carbons (Fsp3) is 0.0833. The first-order valence-electron chi connectivity index (χ1n) is 4.98. The molecule has 0 bridgehead atoms. The monoisotopic (exact) mass is 230 g/mol. The van der Waals surface area contributed by atoms with Crippen LogP contribution in [0.3, 0.4) is 0 Å². The van der Waals surface area contributed by atoms with Crippen LogP contribution in [0.5, 0.6) is 6.01 Å². The van der Waals surface area contributed by atoms with Crippen LogP contribution in [0.15, 0.2) is 42.7 Å². The van der Waals surface area contributed by atoms with Crippen LogP contribution in [0.4, 0.5) is 0 Å². The van der Waals surface area contributed by atoms with Gasteiger partial charge in [0, 0.05) is 18.0 Å². The highest BCUT2D eigenvalue weighted by Crippen LogP contribution is 2.17. The molecule has 0 amide bonds. The number of benzene rings is 1. The molecule has 2 aromatic rings. The number of carbonyl (C=O) groups is 1. The van der Waals surface area contributed by atoms with E-state index in [9.17, 15) is 4.79 Å². The SMILES string of the molecule is O=C(O)COc1ncc(-c2ccccc2)cn1. The van der Waals surface area contributed by atoms with Crippen LogP contribution in [0.1, 0.15) is 0 Å². The quantitative estimate of drug-likeness (QED) is 0.863. The van der Waals surface area contributed by atoms with Crippen LogP contribution >= 0.6 is 0 Å². The van der Waals surface area contributed by atoms with Gasteiger partial charge in [-0.1, -0.05) is 30.3 Å². The first-order valence-corrected chi connectivity index (χ1v) is 4.98. The van der Waals surface area contributed by atoms with Crippen LogP contribution in [0.25, 0.3) is 11.1 Å². The molecule has 86 valence electrons. The van der Waals surface area contributed by atoms with E-state index in [1.54, 1.807) is 12.4 Å². The molecule has 0 saturated heterocycles. The molecule has 0 aliphatic rings. The topological polar surface area (TPSA) is 72.3 Å². The lowest BCUT2D eigenvalue weighted by Gasteiger charge is -2.02. The third-order valence-electron chi connectivity index (χ3n) is 2.06. The molecule has 0 fully saturated rings. The summed E-state index contributed by atoms with van der Waals surface area (Å²) in [5.41, 5.74) is 1.85. The molecule has 1 N–H and O–H groups in total. The highest BCUT2D eigenvalue weighted by Gasteiger charge is 2.03. The molecule has 1 aromatic carbocycles. The van der Waals surface area contributed by atoms with E-state index in [0.717, 1.165) is 11.1 Å². The summed E-state index contributed by atoms with van der Waals surface area (Å²) in [6.07, 6.45) is 3.19. The number of hydrogen-bond acceptors (Lipinski definition) is 4. The van der Waals surface area contributed by atoms with Gasteiger partial charge in [0.1, 0.15) is 0 Å². The van der Waals surface area contributed by atoms with Gasteiger partial charge in [-0.25, -0.2) is 14.8 Å². The van der Waals surface area contributed by atoms with E-state index in [2.05, 4.69) is 9.97 Å². The van der Waals surface area contributed by atoms with Gasteiger partial charge in [0.05, 0.1) is 0 Å². The molecule has 0 saturated carbocycles. The third-order valence-corrected chi connectivity index (χ3v) is 2.06. The van der Waals surface area contributed by atoms with E-state index in [1.807, 2.05) is 30.3 Å². The van der Waals surface area contributed by atoms with Crippen molar-refractivity contribution in [2.24, 2.45) is 0 Å². The largest absolute Gasteiger partial charge is 0.479 e. The van der Waals surface area contributed by atoms with Crippen molar-refractivity contribution in [3.8, 4) is 17.1 Å². The number of carboxylic acid groups (broad SMARTS) is 1. The second-order valence-electron chi connectivity index (χ2n) is 3.30. The Hall–Kier alpha value is -2.43. The number of hydrogen-bond donors (Lipinski definition) is 1. The van der Waals surface area contributed by atoms with Gasteiger partial charge in [0.25, 0.3) is 0 Å². The molecule has 0 unspecified atom stereocenters. The van der Waals surface area contributed by atoms with E-state index in [0.29, 0.717) is 0 Å². The van der Waals surface area contributed by atoms with Gasteiger partial charge in [-0.05, 0) is 5.56 Å². The Kier molecular flexibility index (Phi) is 3.30. The summed E-state index contributed by atoms with van der Waals surface area (Å²) < 4.78 is 4.84. The van der Waals surface area contributed by atoms with Crippen molar-refractivity contribution >= 4 is 5.97 Å². The highest BCUT2D eigenvalue weighted by atomic mass is 16.5. The van der Waals surface area contributed by atoms with Crippen LogP contribution in [-0.2, 0) is 4.79 Å². The molecule has 0 aliphatic heterocycles. The highest BCUT2D eigenvalue weighted by molar-refractivity contribution is 5.68. The maximum absolute atomic E-state index is 10.3. The van der Waals surface area contributed by atoms with Gasteiger partial charge in [0.2, 0.25) is 0 Å². The van der Waals surface area contributed by atoms with Crippen LogP contribution in [0.2, 0.25) is 0 Å². The third kappa shape index (κ3) is 3.01. The molecule has 0 radical (unpaired) electrons. The molecule has 5 heteroatoms. The Morgan fingerprint density at radius 2 is 1.76 bits per heavy atom. The van der Waals surface area contributed by atoms with Gasteiger partial charge >= 0.3 is 12.0 Å². The van der Waals surface area contributed by atoms with Gasteiger partial charge in [-0.15, -0.1) is 0 Å². The Labute approximate surface area is 97.7 Å². The first kappa shape index (κ1) is 11.1. The minimum atomic E-state index is -1.05. The normalized spacial score (nSPS) is 9.88. The average Bonchev–Trinajstić information content (AvgIpc) is 2.38. The zero-order valence-electron chi connectivity index (χ0n) is 8.91. The van der Waals surface area contributed by atoms with E-state index < -0.39 is 12.6 Å². The molecule has 2 rings (SSSR count). The second-order valence-corrected chi connectivity index (χ2v) is 3.30. The summed E-state index contributed by atoms with van der Waals surface area (Å²) >= 11 is 0. The van der Waals surface area contributed by atoms with Gasteiger partial charge < -0.3 is 9.84 Å². The van der Waals surface area contributed by atoms with Crippen LogP contribution in [0, 0.1) is 0 Å². The molecule has 0 atom stereocenters. The summed E-state index contributed by atoms with van der Waals surface area (Å²) in [7, 11) is 0. The van der Waals surface area contributed by atoms with Crippen molar-refractivity contribution in [1.29, 1.82) is 0 Å². The minimum Gasteiger partial charge on any atom is -0.479 e. The Morgan fingerprint density at radius 3 is 2.35 bits per heavy atom. The fourth-order valence-corrected chi connectivity index (χ4v) is 1.30. The zero-order chi connectivity index (χ0) is 12.1. The van der Waals surface area contributed by atoms with Crippen LogP contribution < -0.4 is 4.74 Å². The Bertz CT molecular complexity index is 497. The van der Waals surface area contributed by atoms with Crippen molar-refractivity contribution in [3.63, 3.8) is 0 Å². The van der Waals surface area contributed by atoms with E-state index in [4.69, 9.17) is 9.84 Å². The number of aliphatic carboxylic acids is 1. The molecule has 1 heterocycles. The predicted molar refractivity (Wildman–Crippen MR) is 60.6 cm³/mol. The van der Waals surface area contributed by atoms with Gasteiger partial charge in [-0.3, -0.25) is 0 Å². The van der Waals surface area contributed by atoms with Crippen molar-refractivity contribution in [1.82, 2.24) is 9.97 Å². The van der Waals surface area contributed by atoms with Crippen molar-refractivity contribution in [3.05, 3.63) is 42.7 Å². The molecular formula is C12H10N2O3. The maximum atomic E-state index is 10.3. The lowest BCUT2D eigenvalue weighted by atomic mass is 10.1. The molecular weight excluding hydrogens is 220 g/mol. The van der Waals surface area contributed by atoms with Crippen LogP contribution in [-0.4, -0.2) is 27.7 Å². The minimum absolute atomic E-state index is 0.0621. The number of nitrogens with zero attached hydrogens (tertiary/aromatic N) is 2. The van der Waals surface area contributed by atoms with E-state index in [-0.39, 0.29) is 6.01 Å². The first-order chi connectivity index (χ1) is 8.25. The summed E-state index contributed by atoms with van der Waals surface area (Å²) in [6.45, 7) is -0.440. The van der Waals surface area contributed by atoms with E-state index in [1.165, 1.54) is 0 Å². The lowest BCUT2D eigenvalue weighted by Crippen LogP contribution is -2.11. The summed E-state index contributed by atoms with van der Waals surface area (Å²) in [6, 6.07) is 9.71. The summed E-state index contributed by atoms with van der Waals surface area (Å²) in [5, 5.41) is 8.43. The average molecular weight is 230 g/mol. The molecule has 5 nitrogen and oxygen atoms in total. The van der Waals surface area contributed by atoms with Crippen molar-refractivity contribution in [2.75, 3.05) is 6.61 Å². The van der Waals surface area contributed by atoms with E-state index >= 15 is 0 Å². The number of ether oxygens (including phenoxy) is 1. The number of aromatic nitrogens is 2. The zero-order valence-corrected chi connectivity index (χ0v) is 8.91. The second kappa shape index (κ2) is 5.07. The summed E-state index contributed by atoms with van der Waals surface area (Å²) in [4.78, 5) is 18.1. The fourth-order valence-electron chi connectivity index (χ4n) is 1.30. The molecule has 17 heavy (non-hydrogen) atoms. The molecule has 1 aromatic heterocycles. The maximum Gasteiger partial charge on any atom is 0.341 e. The number of carboxylic acids is 1. The standard InChI is InChI=1S/C12H10N2O3/c15-11(16)8-17-12-13-6-10(7-14-12)9-4-2-1-3-5-9/h1-7H,8H2,(H,15,16). The van der Waals surface area contributed by atoms with Gasteiger partial charge in [0.15, 0.2) is 6.61 Å². The predicted octanol–water partition coefficient (Wildman–Crippen LogP) is 1.61. The van der Waals surface area contributed by atoms with Crippen molar-refractivity contribution < 1.29 is 14.6 Å². The summed E-state index contributed by atoms with van der Waals surface area (Å²) in [5.74, 6) is -1.05. The Morgan fingerprint density at radius 1 is 1.12 bits per heavy atom. The van der Waals surface area contributed by atoms with Crippen molar-refractivity contribution in [2.45, 2.75) is 0 Å². The number of rotatable bonds is 4. The lowest BCUT2D eigenvalue weighted by molar-refractivity contribution is -0.139. The smallest absolute Gasteiger partial charge is 0.341 e.